The number of rotatable bonds is 33. The summed E-state index contributed by atoms with van der Waals surface area (Å²) in [5.74, 6) is -0.140. The van der Waals surface area contributed by atoms with Crippen LogP contribution in [0.15, 0.2) is 30.3 Å². The van der Waals surface area contributed by atoms with Crippen molar-refractivity contribution in [2.24, 2.45) is 0 Å². The van der Waals surface area contributed by atoms with E-state index in [1.165, 1.54) is 25.7 Å². The molecule has 0 saturated carbocycles. The van der Waals surface area contributed by atoms with Crippen LogP contribution < -0.4 is 0 Å². The molecule has 0 aromatic heterocycles. The summed E-state index contributed by atoms with van der Waals surface area (Å²) < 4.78 is 49.0. The van der Waals surface area contributed by atoms with Crippen molar-refractivity contribution >= 4 is 5.97 Å². The standard InChI is InChI=1S/C32H56O10/c1-2-3-4-5-6-10-13-32(33)42-29-28-40-25-24-38-21-20-36-17-16-34-14-15-35-18-19-37-22-23-39-26-27-41-30-31-11-8-7-9-12-31/h7-9,11-12H,2-6,10,13-30H2,1H3. The van der Waals surface area contributed by atoms with E-state index in [0.717, 1.165) is 18.4 Å². The average molecular weight is 601 g/mol. The van der Waals surface area contributed by atoms with Crippen LogP contribution in [0.1, 0.15) is 57.4 Å². The number of carbonyl (C=O) groups is 1. The highest BCUT2D eigenvalue weighted by Gasteiger charge is 2.02. The number of ether oxygens (including phenoxy) is 9. The molecule has 0 unspecified atom stereocenters. The van der Waals surface area contributed by atoms with Crippen LogP contribution in [0.3, 0.4) is 0 Å². The van der Waals surface area contributed by atoms with Crippen LogP contribution in [0.5, 0.6) is 0 Å². The van der Waals surface area contributed by atoms with E-state index in [9.17, 15) is 4.79 Å². The molecule has 0 radical (unpaired) electrons. The van der Waals surface area contributed by atoms with Gasteiger partial charge in [0.1, 0.15) is 6.61 Å². The molecule has 0 aliphatic heterocycles. The van der Waals surface area contributed by atoms with E-state index in [1.54, 1.807) is 0 Å². The third-order valence-corrected chi connectivity index (χ3v) is 5.94. The van der Waals surface area contributed by atoms with Gasteiger partial charge in [-0.3, -0.25) is 4.79 Å². The first-order valence-corrected chi connectivity index (χ1v) is 15.6. The molecule has 0 aliphatic carbocycles. The van der Waals surface area contributed by atoms with Crippen molar-refractivity contribution in [2.75, 3.05) is 106 Å². The molecule has 0 heterocycles. The fourth-order valence-corrected chi connectivity index (χ4v) is 3.64. The molecule has 10 heteroatoms. The van der Waals surface area contributed by atoms with E-state index in [4.69, 9.17) is 42.6 Å². The molecule has 1 aromatic carbocycles. The molecular weight excluding hydrogens is 544 g/mol. The Morgan fingerprint density at radius 2 is 0.857 bits per heavy atom. The van der Waals surface area contributed by atoms with Crippen LogP contribution in [0.25, 0.3) is 0 Å². The van der Waals surface area contributed by atoms with Crippen LogP contribution >= 0.6 is 0 Å². The van der Waals surface area contributed by atoms with Crippen molar-refractivity contribution in [3.8, 4) is 0 Å². The van der Waals surface area contributed by atoms with Gasteiger partial charge in [0.25, 0.3) is 0 Å². The third kappa shape index (κ3) is 28.5. The molecule has 244 valence electrons. The van der Waals surface area contributed by atoms with Gasteiger partial charge < -0.3 is 42.6 Å². The van der Waals surface area contributed by atoms with Gasteiger partial charge in [-0.25, -0.2) is 0 Å². The van der Waals surface area contributed by atoms with E-state index in [0.29, 0.717) is 119 Å². The number of hydrogen-bond acceptors (Lipinski definition) is 10. The lowest BCUT2D eigenvalue weighted by molar-refractivity contribution is -0.145. The molecule has 0 amide bonds. The minimum Gasteiger partial charge on any atom is -0.463 e. The summed E-state index contributed by atoms with van der Waals surface area (Å²) in [5.41, 5.74) is 1.16. The lowest BCUT2D eigenvalue weighted by Crippen LogP contribution is -2.15. The minimum atomic E-state index is -0.140. The molecule has 1 aromatic rings. The van der Waals surface area contributed by atoms with E-state index < -0.39 is 0 Å². The van der Waals surface area contributed by atoms with Crippen molar-refractivity contribution in [3.63, 3.8) is 0 Å². The minimum absolute atomic E-state index is 0.140. The Kier molecular flexibility index (Phi) is 29.5. The first-order valence-electron chi connectivity index (χ1n) is 15.6. The van der Waals surface area contributed by atoms with Gasteiger partial charge in [-0.15, -0.1) is 0 Å². The van der Waals surface area contributed by atoms with Crippen LogP contribution in [-0.4, -0.2) is 112 Å². The molecule has 0 spiro atoms. The second kappa shape index (κ2) is 32.3. The van der Waals surface area contributed by atoms with E-state index >= 15 is 0 Å². The van der Waals surface area contributed by atoms with Crippen LogP contribution in [0.4, 0.5) is 0 Å². The van der Waals surface area contributed by atoms with Crippen LogP contribution in [0, 0.1) is 0 Å². The molecule has 0 fully saturated rings. The van der Waals surface area contributed by atoms with E-state index in [-0.39, 0.29) is 5.97 Å². The van der Waals surface area contributed by atoms with Gasteiger partial charge in [-0.05, 0) is 12.0 Å². The summed E-state index contributed by atoms with van der Waals surface area (Å²) in [6, 6.07) is 10.1. The Labute approximate surface area is 253 Å². The Bertz CT molecular complexity index is 677. The highest BCUT2D eigenvalue weighted by molar-refractivity contribution is 5.69. The Morgan fingerprint density at radius 1 is 0.476 bits per heavy atom. The van der Waals surface area contributed by atoms with Gasteiger partial charge in [0.15, 0.2) is 0 Å². The highest BCUT2D eigenvalue weighted by Crippen LogP contribution is 2.07. The maximum absolute atomic E-state index is 11.6. The third-order valence-electron chi connectivity index (χ3n) is 5.94. The molecule has 0 N–H and O–H groups in total. The second-order valence-electron chi connectivity index (χ2n) is 9.56. The van der Waals surface area contributed by atoms with E-state index in [2.05, 4.69) is 6.92 Å². The maximum Gasteiger partial charge on any atom is 0.305 e. The van der Waals surface area contributed by atoms with E-state index in [1.807, 2.05) is 30.3 Å². The fourth-order valence-electron chi connectivity index (χ4n) is 3.64. The quantitative estimate of drug-likeness (QED) is 0.0840. The van der Waals surface area contributed by atoms with Gasteiger partial charge in [0, 0.05) is 6.42 Å². The molecule has 0 atom stereocenters. The summed E-state index contributed by atoms with van der Waals surface area (Å²) in [6.07, 6.45) is 7.45. The molecule has 0 saturated heterocycles. The van der Waals surface area contributed by atoms with Crippen LogP contribution in [-0.2, 0) is 54.0 Å². The summed E-state index contributed by atoms with van der Waals surface area (Å²) in [6.45, 7) is 10.7. The van der Waals surface area contributed by atoms with Gasteiger partial charge in [-0.1, -0.05) is 69.4 Å². The molecule has 0 bridgehead atoms. The normalized spacial score (nSPS) is 11.3. The zero-order valence-corrected chi connectivity index (χ0v) is 25.9. The topological polar surface area (TPSA) is 100 Å². The van der Waals surface area contributed by atoms with Gasteiger partial charge in [-0.2, -0.15) is 0 Å². The van der Waals surface area contributed by atoms with Gasteiger partial charge in [0.05, 0.1) is 106 Å². The number of carbonyl (C=O) groups excluding carboxylic acids is 1. The lowest BCUT2D eigenvalue weighted by atomic mass is 10.1. The zero-order chi connectivity index (χ0) is 30.0. The Balaban J connectivity index is 1.65. The number of unbranched alkanes of at least 4 members (excludes halogenated alkanes) is 5. The number of esters is 1. The van der Waals surface area contributed by atoms with Crippen molar-refractivity contribution in [1.29, 1.82) is 0 Å². The van der Waals surface area contributed by atoms with Crippen molar-refractivity contribution in [2.45, 2.75) is 58.5 Å². The van der Waals surface area contributed by atoms with Gasteiger partial charge >= 0.3 is 5.97 Å². The predicted octanol–water partition coefficient (Wildman–Crippen LogP) is 4.61. The molecule has 10 nitrogen and oxygen atoms in total. The van der Waals surface area contributed by atoms with Crippen LogP contribution in [0.2, 0.25) is 0 Å². The second-order valence-corrected chi connectivity index (χ2v) is 9.56. The largest absolute Gasteiger partial charge is 0.463 e. The SMILES string of the molecule is CCCCCCCCC(=O)OCCOCCOCCOCCOCCOCCOCCOCCOCc1ccccc1. The monoisotopic (exact) mass is 600 g/mol. The summed E-state index contributed by atoms with van der Waals surface area (Å²) in [7, 11) is 0. The summed E-state index contributed by atoms with van der Waals surface area (Å²) in [4.78, 5) is 11.6. The fraction of sp³-hybridized carbons (Fsp3) is 0.781. The summed E-state index contributed by atoms with van der Waals surface area (Å²) in [5, 5.41) is 0. The first kappa shape index (κ1) is 38.4. The van der Waals surface area contributed by atoms with Crippen molar-refractivity contribution in [1.82, 2.24) is 0 Å². The maximum atomic E-state index is 11.6. The molecule has 42 heavy (non-hydrogen) atoms. The Morgan fingerprint density at radius 3 is 1.31 bits per heavy atom. The number of benzene rings is 1. The van der Waals surface area contributed by atoms with Crippen molar-refractivity contribution < 1.29 is 47.4 Å². The summed E-state index contributed by atoms with van der Waals surface area (Å²) >= 11 is 0. The molecule has 0 aliphatic rings. The average Bonchev–Trinajstić information content (AvgIpc) is 3.01. The molecule has 1 rings (SSSR count). The zero-order valence-electron chi connectivity index (χ0n) is 25.9. The first-order chi connectivity index (χ1) is 20.8. The van der Waals surface area contributed by atoms with Crippen molar-refractivity contribution in [3.05, 3.63) is 35.9 Å². The lowest BCUT2D eigenvalue weighted by Gasteiger charge is -2.09. The van der Waals surface area contributed by atoms with Gasteiger partial charge in [0.2, 0.25) is 0 Å². The predicted molar refractivity (Wildman–Crippen MR) is 161 cm³/mol. The molecular formula is C32H56O10. The smallest absolute Gasteiger partial charge is 0.305 e. The highest BCUT2D eigenvalue weighted by atomic mass is 16.6. The Hall–Kier alpha value is -1.63. The number of hydrogen-bond donors (Lipinski definition) is 0.